The molecule has 0 amide bonds. The Kier molecular flexibility index (Phi) is 5.38. The summed E-state index contributed by atoms with van der Waals surface area (Å²) in [4.78, 5) is 11.2. The average Bonchev–Trinajstić information content (AvgIpc) is 3.14. The third kappa shape index (κ3) is 3.94. The highest BCUT2D eigenvalue weighted by Gasteiger charge is 2.24. The van der Waals surface area contributed by atoms with E-state index in [0.717, 1.165) is 31.1 Å². The van der Waals surface area contributed by atoms with E-state index in [1.165, 1.54) is 37.3 Å². The summed E-state index contributed by atoms with van der Waals surface area (Å²) in [6.45, 7) is 2.92. The van der Waals surface area contributed by atoms with Crippen LogP contribution >= 0.6 is 0 Å². The molecule has 3 rings (SSSR count). The van der Waals surface area contributed by atoms with E-state index in [1.807, 2.05) is 0 Å². The molecule has 0 radical (unpaired) electrons. The Balaban J connectivity index is 2.02. The smallest absolute Gasteiger partial charge is 0.206 e. The molecule has 2 aromatic rings. The van der Waals surface area contributed by atoms with Crippen LogP contribution in [0, 0.1) is 5.82 Å². The molecule has 0 aromatic heterocycles. The Morgan fingerprint density at radius 3 is 2.65 bits per heavy atom. The zero-order valence-electron chi connectivity index (χ0n) is 14.4. The number of hydrogen-bond acceptors (Lipinski definition) is 5. The van der Waals surface area contributed by atoms with E-state index in [2.05, 4.69) is 5.32 Å². The van der Waals surface area contributed by atoms with Crippen molar-refractivity contribution in [2.75, 3.05) is 19.7 Å². The van der Waals surface area contributed by atoms with Gasteiger partial charge in [-0.1, -0.05) is 12.1 Å². The molecule has 7 heteroatoms. The minimum atomic E-state index is -3.88. The van der Waals surface area contributed by atoms with Gasteiger partial charge in [-0.2, -0.15) is 0 Å². The van der Waals surface area contributed by atoms with Crippen molar-refractivity contribution < 1.29 is 22.3 Å². The summed E-state index contributed by atoms with van der Waals surface area (Å²) in [7, 11) is -3.88. The molecular weight excluding hydrogens is 357 g/mol. The van der Waals surface area contributed by atoms with Crippen molar-refractivity contribution >= 4 is 15.6 Å². The lowest BCUT2D eigenvalue weighted by Crippen LogP contribution is -2.12. The molecule has 1 heterocycles. The maximum Gasteiger partial charge on any atom is 0.206 e. The van der Waals surface area contributed by atoms with E-state index in [9.17, 15) is 17.6 Å². The largest absolute Gasteiger partial charge is 0.486 e. The van der Waals surface area contributed by atoms with Gasteiger partial charge in [-0.25, -0.2) is 12.8 Å². The van der Waals surface area contributed by atoms with Crippen molar-refractivity contribution in [1.82, 2.24) is 5.32 Å². The third-order valence-electron chi connectivity index (χ3n) is 4.33. The van der Waals surface area contributed by atoms with Gasteiger partial charge in [0.25, 0.3) is 0 Å². The summed E-state index contributed by atoms with van der Waals surface area (Å²) in [6, 6.07) is 9.54. The molecule has 1 saturated heterocycles. The molecule has 2 aromatic carbocycles. The number of carbonyl (C=O) groups excluding carboxylic acids is 1. The van der Waals surface area contributed by atoms with Crippen LogP contribution in [0.4, 0.5) is 4.39 Å². The van der Waals surface area contributed by atoms with Gasteiger partial charge in [0.15, 0.2) is 5.78 Å². The topological polar surface area (TPSA) is 72.5 Å². The van der Waals surface area contributed by atoms with Crippen molar-refractivity contribution in [1.29, 1.82) is 0 Å². The Hall–Kier alpha value is -2.25. The van der Waals surface area contributed by atoms with Gasteiger partial charge in [-0.3, -0.25) is 4.79 Å². The van der Waals surface area contributed by atoms with Crippen LogP contribution in [0.25, 0.3) is 0 Å². The standard InChI is InChI=1S/C19H20FNO4S/c1-13(22)12-25-19-10-17(5-6-18(19)14-7-8-21-11-14)26(23,24)16-4-2-3-15(20)9-16/h2-6,9-10,14,21H,7-8,11-12H2,1H3/t14-/m1/s1. The molecule has 1 aliphatic rings. The monoisotopic (exact) mass is 377 g/mol. The van der Waals surface area contributed by atoms with Crippen LogP contribution in [0.5, 0.6) is 5.75 Å². The summed E-state index contributed by atoms with van der Waals surface area (Å²) >= 11 is 0. The fraction of sp³-hybridized carbons (Fsp3) is 0.316. The first-order chi connectivity index (χ1) is 12.4. The molecular formula is C19H20FNO4S. The number of nitrogens with one attached hydrogen (secondary N) is 1. The minimum absolute atomic E-state index is 0.0105. The highest BCUT2D eigenvalue weighted by atomic mass is 32.2. The maximum absolute atomic E-state index is 13.4. The predicted molar refractivity (Wildman–Crippen MR) is 94.7 cm³/mol. The van der Waals surface area contributed by atoms with Crippen LogP contribution in [0.15, 0.2) is 52.3 Å². The van der Waals surface area contributed by atoms with Gasteiger partial charge in [-0.15, -0.1) is 0 Å². The summed E-state index contributed by atoms with van der Waals surface area (Å²) in [5, 5.41) is 3.26. The molecule has 0 bridgehead atoms. The fourth-order valence-corrected chi connectivity index (χ4v) is 4.32. The second-order valence-corrected chi connectivity index (χ2v) is 8.29. The summed E-state index contributed by atoms with van der Waals surface area (Å²) in [5.41, 5.74) is 0.870. The maximum atomic E-state index is 13.4. The normalized spacial score (nSPS) is 17.2. The van der Waals surface area contributed by atoms with Gasteiger partial charge in [-0.05, 0) is 55.8 Å². The van der Waals surface area contributed by atoms with Crippen molar-refractivity contribution in [2.45, 2.75) is 29.1 Å². The number of sulfone groups is 1. The quantitative estimate of drug-likeness (QED) is 0.838. The van der Waals surface area contributed by atoms with Crippen LogP contribution in [-0.4, -0.2) is 33.9 Å². The number of halogens is 1. The Labute approximate surface area is 152 Å². The lowest BCUT2D eigenvalue weighted by molar-refractivity contribution is -0.118. The van der Waals surface area contributed by atoms with E-state index < -0.39 is 15.7 Å². The molecule has 1 fully saturated rings. The van der Waals surface area contributed by atoms with Gasteiger partial charge in [0.2, 0.25) is 9.84 Å². The van der Waals surface area contributed by atoms with Crippen molar-refractivity contribution in [2.24, 2.45) is 0 Å². The third-order valence-corrected chi connectivity index (χ3v) is 6.08. The number of ketones is 1. The summed E-state index contributed by atoms with van der Waals surface area (Å²) in [6.07, 6.45) is 0.909. The molecule has 0 unspecified atom stereocenters. The molecule has 1 aliphatic heterocycles. The van der Waals surface area contributed by atoms with Crippen LogP contribution in [0.3, 0.4) is 0 Å². The Morgan fingerprint density at radius 2 is 2.00 bits per heavy atom. The number of hydrogen-bond donors (Lipinski definition) is 1. The lowest BCUT2D eigenvalue weighted by atomic mass is 9.97. The molecule has 0 aliphatic carbocycles. The van der Waals surface area contributed by atoms with E-state index >= 15 is 0 Å². The predicted octanol–water partition coefficient (Wildman–Crippen LogP) is 2.70. The Morgan fingerprint density at radius 1 is 1.23 bits per heavy atom. The zero-order valence-corrected chi connectivity index (χ0v) is 15.2. The molecule has 0 spiro atoms. The van der Waals surface area contributed by atoms with Crippen molar-refractivity contribution in [3.63, 3.8) is 0 Å². The van der Waals surface area contributed by atoms with Gasteiger partial charge < -0.3 is 10.1 Å². The fourth-order valence-electron chi connectivity index (χ4n) is 3.01. The zero-order chi connectivity index (χ0) is 18.7. The molecule has 5 nitrogen and oxygen atoms in total. The van der Waals surface area contributed by atoms with Gasteiger partial charge in [0.1, 0.15) is 18.2 Å². The van der Waals surface area contributed by atoms with Crippen molar-refractivity contribution in [3.05, 3.63) is 53.8 Å². The number of ether oxygens (including phenoxy) is 1. The van der Waals surface area contributed by atoms with Gasteiger partial charge in [0.05, 0.1) is 9.79 Å². The minimum Gasteiger partial charge on any atom is -0.486 e. The molecule has 1 atom stereocenters. The van der Waals surface area contributed by atoms with E-state index in [1.54, 1.807) is 6.07 Å². The molecule has 138 valence electrons. The second kappa shape index (κ2) is 7.55. The molecule has 26 heavy (non-hydrogen) atoms. The average molecular weight is 377 g/mol. The molecule has 0 saturated carbocycles. The Bertz CT molecular complexity index is 921. The first-order valence-electron chi connectivity index (χ1n) is 8.35. The van der Waals surface area contributed by atoms with Crippen LogP contribution in [-0.2, 0) is 14.6 Å². The number of rotatable bonds is 6. The SMILES string of the molecule is CC(=O)COc1cc(S(=O)(=O)c2cccc(F)c2)ccc1[C@@H]1CCNC1. The lowest BCUT2D eigenvalue weighted by Gasteiger charge is -2.17. The van der Waals surface area contributed by atoms with Crippen LogP contribution in [0.2, 0.25) is 0 Å². The molecule has 1 N–H and O–H groups in total. The number of Topliss-reactive ketones (excluding diaryl/α,β-unsaturated/α-hetero) is 1. The van der Waals surface area contributed by atoms with Crippen molar-refractivity contribution in [3.8, 4) is 5.75 Å². The van der Waals surface area contributed by atoms with E-state index in [-0.39, 0.29) is 28.1 Å². The first kappa shape index (κ1) is 18.5. The van der Waals surface area contributed by atoms with Crippen LogP contribution < -0.4 is 10.1 Å². The second-order valence-electron chi connectivity index (χ2n) is 6.34. The van der Waals surface area contributed by atoms with Gasteiger partial charge in [0, 0.05) is 12.5 Å². The van der Waals surface area contributed by atoms with E-state index in [0.29, 0.717) is 5.75 Å². The first-order valence-corrected chi connectivity index (χ1v) is 9.84. The highest BCUT2D eigenvalue weighted by molar-refractivity contribution is 7.91. The summed E-state index contributed by atoms with van der Waals surface area (Å²) in [5.74, 6) is -0.194. The highest BCUT2D eigenvalue weighted by Crippen LogP contribution is 2.34. The number of benzene rings is 2. The number of carbonyl (C=O) groups is 1. The van der Waals surface area contributed by atoms with Gasteiger partial charge >= 0.3 is 0 Å². The van der Waals surface area contributed by atoms with Crippen LogP contribution in [0.1, 0.15) is 24.8 Å². The van der Waals surface area contributed by atoms with E-state index in [4.69, 9.17) is 4.74 Å². The summed E-state index contributed by atoms with van der Waals surface area (Å²) < 4.78 is 44.6.